The second-order valence-electron chi connectivity index (χ2n) is 5.41. The third-order valence-electron chi connectivity index (χ3n) is 3.20. The van der Waals surface area contributed by atoms with Crippen LogP contribution in [0.1, 0.15) is 46.0 Å². The molecule has 0 unspecified atom stereocenters. The van der Waals surface area contributed by atoms with E-state index in [-0.39, 0.29) is 24.5 Å². The van der Waals surface area contributed by atoms with Crippen molar-refractivity contribution in [3.8, 4) is 0 Å². The Kier molecular flexibility index (Phi) is 5.73. The molecule has 0 saturated heterocycles. The van der Waals surface area contributed by atoms with Crippen LogP contribution in [0.5, 0.6) is 0 Å². The number of hydrogen-bond acceptors (Lipinski definition) is 4. The lowest BCUT2D eigenvalue weighted by Crippen LogP contribution is -2.37. The summed E-state index contributed by atoms with van der Waals surface area (Å²) in [7, 11) is 3.03. The van der Waals surface area contributed by atoms with Crippen LogP contribution in [0.4, 0.5) is 0 Å². The summed E-state index contributed by atoms with van der Waals surface area (Å²) in [5, 5.41) is 2.46. The van der Waals surface area contributed by atoms with Crippen molar-refractivity contribution in [1.29, 1.82) is 0 Å². The molecule has 0 atom stereocenters. The topological polar surface area (TPSA) is 91.5 Å². The number of likely N-dealkylation sites (N-methyl/N-ethyl adjacent to an activating group) is 2. The van der Waals surface area contributed by atoms with E-state index < -0.39 is 5.97 Å². The number of H-pyrrole nitrogens is 1. The molecule has 0 aliphatic heterocycles. The molecular weight excluding hydrogens is 286 g/mol. The lowest BCUT2D eigenvalue weighted by molar-refractivity contribution is -0.121. The number of hydrogen-bond donors (Lipinski definition) is 2. The van der Waals surface area contributed by atoms with Crippen LogP contribution in [0.15, 0.2) is 0 Å². The van der Waals surface area contributed by atoms with Crippen molar-refractivity contribution < 1.29 is 19.1 Å². The molecule has 7 nitrogen and oxygen atoms in total. The van der Waals surface area contributed by atoms with Gasteiger partial charge in [-0.15, -0.1) is 0 Å². The highest BCUT2D eigenvalue weighted by molar-refractivity contribution is 6.01. The molecule has 2 amide bonds. The Morgan fingerprint density at radius 1 is 1.27 bits per heavy atom. The maximum Gasteiger partial charge on any atom is 0.340 e. The highest BCUT2D eigenvalue weighted by atomic mass is 16.5. The third kappa shape index (κ3) is 3.87. The Balaban J connectivity index is 3.05. The second kappa shape index (κ2) is 7.11. The number of esters is 1. The summed E-state index contributed by atoms with van der Waals surface area (Å²) in [5.41, 5.74) is 1.75. The zero-order valence-electron chi connectivity index (χ0n) is 13.9. The van der Waals surface area contributed by atoms with Crippen LogP contribution in [0.2, 0.25) is 0 Å². The summed E-state index contributed by atoms with van der Waals surface area (Å²) < 4.78 is 5.19. The quantitative estimate of drug-likeness (QED) is 0.794. The van der Waals surface area contributed by atoms with Crippen LogP contribution < -0.4 is 5.32 Å². The van der Waals surface area contributed by atoms with Gasteiger partial charge < -0.3 is 19.9 Å². The Labute approximate surface area is 130 Å². The maximum absolute atomic E-state index is 12.4. The summed E-state index contributed by atoms with van der Waals surface area (Å²) in [6, 6.07) is 0. The Hall–Kier alpha value is -2.31. The van der Waals surface area contributed by atoms with Crippen LogP contribution in [0, 0.1) is 13.8 Å². The van der Waals surface area contributed by atoms with E-state index in [2.05, 4.69) is 10.3 Å². The standard InChI is InChI=1S/C15H23N3O4/c1-8(2)22-15(21)12-9(3)13(17-10(12)4)14(20)18(6)7-11(19)16-5/h8,17H,7H2,1-6H3,(H,16,19). The average molecular weight is 309 g/mol. The van der Waals surface area contributed by atoms with Crippen LogP contribution in [-0.4, -0.2) is 54.4 Å². The number of amides is 2. The molecule has 0 aliphatic carbocycles. The largest absolute Gasteiger partial charge is 0.459 e. The monoisotopic (exact) mass is 309 g/mol. The van der Waals surface area contributed by atoms with E-state index in [1.807, 2.05) is 0 Å². The normalized spacial score (nSPS) is 10.5. The lowest BCUT2D eigenvalue weighted by atomic mass is 10.1. The molecule has 1 aromatic heterocycles. The number of ether oxygens (including phenoxy) is 1. The highest BCUT2D eigenvalue weighted by Crippen LogP contribution is 2.20. The van der Waals surface area contributed by atoms with Gasteiger partial charge in [0.15, 0.2) is 0 Å². The maximum atomic E-state index is 12.4. The first-order valence-electron chi connectivity index (χ1n) is 7.05. The van der Waals surface area contributed by atoms with Gasteiger partial charge in [-0.25, -0.2) is 4.79 Å². The molecule has 0 aliphatic rings. The van der Waals surface area contributed by atoms with E-state index in [0.29, 0.717) is 22.5 Å². The summed E-state index contributed by atoms with van der Waals surface area (Å²) in [6.45, 7) is 6.86. The van der Waals surface area contributed by atoms with Crippen molar-refractivity contribution in [2.45, 2.75) is 33.8 Å². The summed E-state index contributed by atoms with van der Waals surface area (Å²) >= 11 is 0. The summed E-state index contributed by atoms with van der Waals surface area (Å²) in [4.78, 5) is 40.0. The number of aromatic amines is 1. The summed E-state index contributed by atoms with van der Waals surface area (Å²) in [5.74, 6) is -1.08. The molecule has 0 aromatic carbocycles. The molecular formula is C15H23N3O4. The van der Waals surface area contributed by atoms with Crippen molar-refractivity contribution in [3.05, 3.63) is 22.5 Å². The fraction of sp³-hybridized carbons (Fsp3) is 0.533. The van der Waals surface area contributed by atoms with E-state index >= 15 is 0 Å². The Bertz CT molecular complexity index is 590. The van der Waals surface area contributed by atoms with E-state index in [1.165, 1.54) is 19.0 Å². The molecule has 22 heavy (non-hydrogen) atoms. The van der Waals surface area contributed by atoms with Crippen molar-refractivity contribution in [1.82, 2.24) is 15.2 Å². The first kappa shape index (κ1) is 17.7. The molecule has 1 heterocycles. The highest BCUT2D eigenvalue weighted by Gasteiger charge is 2.25. The average Bonchev–Trinajstić information content (AvgIpc) is 2.71. The lowest BCUT2D eigenvalue weighted by Gasteiger charge is -2.15. The molecule has 1 aromatic rings. The second-order valence-corrected chi connectivity index (χ2v) is 5.41. The predicted octanol–water partition coefficient (Wildman–Crippen LogP) is 1.01. The smallest absolute Gasteiger partial charge is 0.340 e. The minimum Gasteiger partial charge on any atom is -0.459 e. The molecule has 7 heteroatoms. The number of nitrogens with zero attached hydrogens (tertiary/aromatic N) is 1. The van der Waals surface area contributed by atoms with Gasteiger partial charge >= 0.3 is 5.97 Å². The SMILES string of the molecule is CNC(=O)CN(C)C(=O)c1[nH]c(C)c(C(=O)OC(C)C)c1C. The number of carbonyl (C=O) groups is 3. The third-order valence-corrected chi connectivity index (χ3v) is 3.20. The number of aromatic nitrogens is 1. The van der Waals surface area contributed by atoms with Gasteiger partial charge in [0.2, 0.25) is 5.91 Å². The molecule has 0 radical (unpaired) electrons. The molecule has 0 bridgehead atoms. The molecule has 0 saturated carbocycles. The predicted molar refractivity (Wildman–Crippen MR) is 81.8 cm³/mol. The minimum absolute atomic E-state index is 0.0569. The molecule has 2 N–H and O–H groups in total. The van der Waals surface area contributed by atoms with Gasteiger partial charge in [-0.1, -0.05) is 0 Å². The Morgan fingerprint density at radius 2 is 1.86 bits per heavy atom. The van der Waals surface area contributed by atoms with Crippen molar-refractivity contribution in [2.75, 3.05) is 20.6 Å². The first-order chi connectivity index (χ1) is 10.2. The van der Waals surface area contributed by atoms with Crippen LogP contribution in [0.25, 0.3) is 0 Å². The van der Waals surface area contributed by atoms with E-state index in [9.17, 15) is 14.4 Å². The molecule has 0 spiro atoms. The number of carbonyl (C=O) groups excluding carboxylic acids is 3. The number of aryl methyl sites for hydroxylation is 1. The van der Waals surface area contributed by atoms with Crippen LogP contribution in [0.3, 0.4) is 0 Å². The molecule has 1 rings (SSSR count). The van der Waals surface area contributed by atoms with Gasteiger partial charge in [0.1, 0.15) is 5.69 Å². The number of nitrogens with one attached hydrogen (secondary N) is 2. The van der Waals surface area contributed by atoms with Gasteiger partial charge in [0, 0.05) is 19.8 Å². The number of rotatable bonds is 5. The van der Waals surface area contributed by atoms with E-state index in [1.54, 1.807) is 27.7 Å². The molecule has 0 fully saturated rings. The van der Waals surface area contributed by atoms with Crippen molar-refractivity contribution in [2.24, 2.45) is 0 Å². The van der Waals surface area contributed by atoms with E-state index in [0.717, 1.165) is 0 Å². The van der Waals surface area contributed by atoms with Crippen LogP contribution in [-0.2, 0) is 9.53 Å². The zero-order valence-corrected chi connectivity index (χ0v) is 13.9. The fourth-order valence-corrected chi connectivity index (χ4v) is 2.10. The molecule has 122 valence electrons. The summed E-state index contributed by atoms with van der Waals surface area (Å²) in [6.07, 6.45) is -0.240. The van der Waals surface area contributed by atoms with Gasteiger partial charge in [-0.3, -0.25) is 9.59 Å². The fourth-order valence-electron chi connectivity index (χ4n) is 2.10. The minimum atomic E-state index is -0.464. The Morgan fingerprint density at radius 3 is 2.36 bits per heavy atom. The first-order valence-corrected chi connectivity index (χ1v) is 7.05. The van der Waals surface area contributed by atoms with Crippen molar-refractivity contribution in [3.63, 3.8) is 0 Å². The van der Waals surface area contributed by atoms with E-state index in [4.69, 9.17) is 4.74 Å². The van der Waals surface area contributed by atoms with Gasteiger partial charge in [-0.05, 0) is 33.3 Å². The van der Waals surface area contributed by atoms with Gasteiger partial charge in [0.05, 0.1) is 18.2 Å². The van der Waals surface area contributed by atoms with Crippen molar-refractivity contribution >= 4 is 17.8 Å². The zero-order chi connectivity index (χ0) is 17.0. The van der Waals surface area contributed by atoms with Gasteiger partial charge in [-0.2, -0.15) is 0 Å². The van der Waals surface area contributed by atoms with Crippen LogP contribution >= 0.6 is 0 Å². The van der Waals surface area contributed by atoms with Gasteiger partial charge in [0.25, 0.3) is 5.91 Å².